The molecule has 0 saturated heterocycles. The van der Waals surface area contributed by atoms with Crippen molar-refractivity contribution in [3.63, 3.8) is 0 Å². The summed E-state index contributed by atoms with van der Waals surface area (Å²) in [5.74, 6) is 0. The van der Waals surface area contributed by atoms with Gasteiger partial charge in [-0.1, -0.05) is 13.3 Å². The predicted octanol–water partition coefficient (Wildman–Crippen LogP) is 1.10. The summed E-state index contributed by atoms with van der Waals surface area (Å²) in [6.45, 7) is 1.47. The number of rotatable bonds is 5. The molecule has 0 aromatic rings. The summed E-state index contributed by atoms with van der Waals surface area (Å²) < 4.78 is 37.5. The molecule has 11 heavy (non-hydrogen) atoms. The van der Waals surface area contributed by atoms with Crippen molar-refractivity contribution in [1.82, 2.24) is 0 Å². The van der Waals surface area contributed by atoms with E-state index in [1.54, 1.807) is 0 Å². The molecule has 0 saturated carbocycles. The van der Waals surface area contributed by atoms with Crippen LogP contribution >= 0.6 is 0 Å². The molecular formula is C6H13FO3S. The van der Waals surface area contributed by atoms with Gasteiger partial charge in [0.15, 0.2) is 0 Å². The zero-order chi connectivity index (χ0) is 8.91. The van der Waals surface area contributed by atoms with E-state index in [0.29, 0.717) is 12.8 Å². The fourth-order valence-electron chi connectivity index (χ4n) is 0.594. The summed E-state index contributed by atoms with van der Waals surface area (Å²) in [5.41, 5.74) is 0. The molecule has 0 amide bonds. The highest BCUT2D eigenvalue weighted by Crippen LogP contribution is 2.03. The Balaban J connectivity index is 3.54. The van der Waals surface area contributed by atoms with Gasteiger partial charge in [0.05, 0.1) is 12.9 Å². The van der Waals surface area contributed by atoms with Crippen LogP contribution in [0.1, 0.15) is 19.8 Å². The number of halogens is 1. The standard InChI is InChI=1S/C6H13FO3S/c1-3-4-6(7)5-10-11(2,8)9/h6H,3-5H2,1-2H3. The number of hydrogen-bond acceptors (Lipinski definition) is 3. The lowest BCUT2D eigenvalue weighted by atomic mass is 10.2. The highest BCUT2D eigenvalue weighted by molar-refractivity contribution is 7.85. The molecule has 0 aliphatic carbocycles. The van der Waals surface area contributed by atoms with E-state index >= 15 is 0 Å². The minimum absolute atomic E-state index is 0.343. The fraction of sp³-hybridized carbons (Fsp3) is 1.00. The molecule has 0 aromatic carbocycles. The predicted molar refractivity (Wildman–Crippen MR) is 40.6 cm³/mol. The zero-order valence-corrected chi connectivity index (χ0v) is 7.53. The highest BCUT2D eigenvalue weighted by atomic mass is 32.2. The smallest absolute Gasteiger partial charge is 0.264 e. The molecule has 0 aliphatic heterocycles. The van der Waals surface area contributed by atoms with Crippen molar-refractivity contribution in [3.05, 3.63) is 0 Å². The monoisotopic (exact) mass is 184 g/mol. The van der Waals surface area contributed by atoms with Crippen molar-refractivity contribution >= 4 is 10.1 Å². The minimum atomic E-state index is -3.48. The Morgan fingerprint density at radius 2 is 2.09 bits per heavy atom. The van der Waals surface area contributed by atoms with Gasteiger partial charge in [-0.15, -0.1) is 0 Å². The topological polar surface area (TPSA) is 43.4 Å². The fourth-order valence-corrected chi connectivity index (χ4v) is 0.989. The van der Waals surface area contributed by atoms with Gasteiger partial charge in [-0.05, 0) is 6.42 Å². The van der Waals surface area contributed by atoms with Gasteiger partial charge >= 0.3 is 0 Å². The van der Waals surface area contributed by atoms with Gasteiger partial charge in [0.25, 0.3) is 10.1 Å². The van der Waals surface area contributed by atoms with E-state index < -0.39 is 16.3 Å². The van der Waals surface area contributed by atoms with Crippen LogP contribution in [0, 0.1) is 0 Å². The molecule has 3 nitrogen and oxygen atoms in total. The Hall–Kier alpha value is -0.160. The molecule has 1 unspecified atom stereocenters. The van der Waals surface area contributed by atoms with Crippen molar-refractivity contribution in [3.8, 4) is 0 Å². The van der Waals surface area contributed by atoms with Crippen molar-refractivity contribution in [2.24, 2.45) is 0 Å². The quantitative estimate of drug-likeness (QED) is 0.601. The first-order valence-corrected chi connectivity index (χ1v) is 5.26. The molecule has 0 aliphatic rings. The first-order valence-electron chi connectivity index (χ1n) is 3.44. The average molecular weight is 184 g/mol. The third-order valence-corrected chi connectivity index (χ3v) is 1.63. The molecule has 0 N–H and O–H groups in total. The lowest BCUT2D eigenvalue weighted by molar-refractivity contribution is 0.192. The van der Waals surface area contributed by atoms with Gasteiger partial charge in [-0.2, -0.15) is 8.42 Å². The second-order valence-corrected chi connectivity index (χ2v) is 4.02. The Morgan fingerprint density at radius 1 is 1.55 bits per heavy atom. The van der Waals surface area contributed by atoms with Gasteiger partial charge in [-0.25, -0.2) is 4.39 Å². The normalized spacial score (nSPS) is 14.8. The Labute approximate surface area is 66.7 Å². The van der Waals surface area contributed by atoms with Crippen LogP contribution in [0.2, 0.25) is 0 Å². The van der Waals surface area contributed by atoms with E-state index in [9.17, 15) is 12.8 Å². The Kier molecular flexibility index (Phi) is 4.60. The number of hydrogen-bond donors (Lipinski definition) is 0. The Morgan fingerprint density at radius 3 is 2.45 bits per heavy atom. The summed E-state index contributed by atoms with van der Waals surface area (Å²) in [5, 5.41) is 0. The summed E-state index contributed by atoms with van der Waals surface area (Å²) in [6, 6.07) is 0. The second kappa shape index (κ2) is 4.66. The van der Waals surface area contributed by atoms with Crippen LogP contribution < -0.4 is 0 Å². The lowest BCUT2D eigenvalue weighted by Crippen LogP contribution is -2.13. The Bertz CT molecular complexity index is 188. The maximum Gasteiger partial charge on any atom is 0.264 e. The molecule has 0 heterocycles. The molecule has 0 rings (SSSR count). The van der Waals surface area contributed by atoms with Crippen LogP contribution in [-0.2, 0) is 14.3 Å². The molecule has 0 spiro atoms. The van der Waals surface area contributed by atoms with Crippen molar-refractivity contribution in [1.29, 1.82) is 0 Å². The zero-order valence-electron chi connectivity index (χ0n) is 6.71. The second-order valence-electron chi connectivity index (χ2n) is 2.37. The van der Waals surface area contributed by atoms with Gasteiger partial charge < -0.3 is 0 Å². The summed E-state index contributed by atoms with van der Waals surface area (Å²) >= 11 is 0. The van der Waals surface area contributed by atoms with Crippen LogP contribution in [0.4, 0.5) is 4.39 Å². The number of alkyl halides is 1. The van der Waals surface area contributed by atoms with Crippen molar-refractivity contribution in [2.45, 2.75) is 25.9 Å². The van der Waals surface area contributed by atoms with Crippen LogP contribution in [0.25, 0.3) is 0 Å². The summed E-state index contributed by atoms with van der Waals surface area (Å²) in [6.07, 6.45) is 0.768. The molecule has 1 atom stereocenters. The summed E-state index contributed by atoms with van der Waals surface area (Å²) in [4.78, 5) is 0. The van der Waals surface area contributed by atoms with Gasteiger partial charge in [0.2, 0.25) is 0 Å². The van der Waals surface area contributed by atoms with Crippen molar-refractivity contribution in [2.75, 3.05) is 12.9 Å². The molecular weight excluding hydrogens is 171 g/mol. The van der Waals surface area contributed by atoms with E-state index in [0.717, 1.165) is 6.26 Å². The van der Waals surface area contributed by atoms with Gasteiger partial charge in [0.1, 0.15) is 6.17 Å². The SMILES string of the molecule is CCCC(F)COS(C)(=O)=O. The van der Waals surface area contributed by atoms with Crippen LogP contribution in [-0.4, -0.2) is 27.5 Å². The van der Waals surface area contributed by atoms with Crippen LogP contribution in [0.3, 0.4) is 0 Å². The van der Waals surface area contributed by atoms with E-state index in [1.807, 2.05) is 6.92 Å². The van der Waals surface area contributed by atoms with E-state index in [-0.39, 0.29) is 6.61 Å². The van der Waals surface area contributed by atoms with E-state index in [2.05, 4.69) is 4.18 Å². The molecule has 0 bridgehead atoms. The molecule has 5 heteroatoms. The maximum atomic E-state index is 12.5. The average Bonchev–Trinajstić information content (AvgIpc) is 1.83. The minimum Gasteiger partial charge on any atom is -0.267 e. The van der Waals surface area contributed by atoms with Crippen LogP contribution in [0.5, 0.6) is 0 Å². The van der Waals surface area contributed by atoms with Gasteiger partial charge in [0, 0.05) is 0 Å². The van der Waals surface area contributed by atoms with E-state index in [1.165, 1.54) is 0 Å². The maximum absolute atomic E-state index is 12.5. The summed E-state index contributed by atoms with van der Waals surface area (Å²) in [7, 11) is -3.48. The van der Waals surface area contributed by atoms with Crippen molar-refractivity contribution < 1.29 is 17.0 Å². The third kappa shape index (κ3) is 7.74. The highest BCUT2D eigenvalue weighted by Gasteiger charge is 2.09. The van der Waals surface area contributed by atoms with Crippen LogP contribution in [0.15, 0.2) is 0 Å². The van der Waals surface area contributed by atoms with E-state index in [4.69, 9.17) is 0 Å². The first kappa shape index (κ1) is 10.8. The lowest BCUT2D eigenvalue weighted by Gasteiger charge is -2.04. The largest absolute Gasteiger partial charge is 0.267 e. The molecule has 0 fully saturated rings. The first-order chi connectivity index (χ1) is 4.95. The molecule has 0 radical (unpaired) electrons. The van der Waals surface area contributed by atoms with Gasteiger partial charge in [-0.3, -0.25) is 4.18 Å². The third-order valence-electron chi connectivity index (χ3n) is 1.06. The molecule has 68 valence electrons. The molecule has 0 aromatic heterocycles.